The van der Waals surface area contributed by atoms with Crippen LogP contribution < -0.4 is 47.5 Å². The smallest absolute Gasteiger partial charge is 0.251 e. The normalized spacial score (nSPS) is 27.2. The molecule has 16 N–H and O–H groups in total. The van der Waals surface area contributed by atoms with Crippen molar-refractivity contribution in [1.82, 2.24) is 36.4 Å². The first kappa shape index (κ1) is 61.7. The zero-order valence-electron chi connectivity index (χ0n) is 43.9. The first-order valence-corrected chi connectivity index (χ1v) is 26.5. The van der Waals surface area contributed by atoms with Gasteiger partial charge in [-0.2, -0.15) is 0 Å². The summed E-state index contributed by atoms with van der Waals surface area (Å²) in [5.41, 5.74) is 11.7. The molecule has 3 aliphatic rings. The standard InChI is InChI=1S/C52H79N9O16/c1-4-5-6-7-8-9-19-76-34-13-11-31(12-14-34)46(69)56-35-23-32(63)25-55-50(73)44-45(68)28(2)26-61(44)52(75)43(38(66)16-17-53)59-49(72)42(39(67)21-30-10-15-37(65)40(22-30)77-20-18-54)58-48(71)36-24-33(64)27-60(36)51(74)41(29(3)62)57-47(35)70/h10-15,22,28-29,32-33,35-36,38-39,41-45,62-68H,4-9,16-21,23-27,53-54H2,1-3H3,(H,55,73)(H,56,69)(H,57,70)(H,58,71)(H,59,72)/t28-,29+,32+,33+,35-,36-,38+,39+,41-,42-,43-,44-,45-/m0/s1. The maximum atomic E-state index is 14.6. The number of nitrogens with two attached hydrogens (primary N) is 2. The van der Waals surface area contributed by atoms with E-state index in [2.05, 4.69) is 33.5 Å². The van der Waals surface area contributed by atoms with Gasteiger partial charge in [0.05, 0.1) is 43.2 Å². The van der Waals surface area contributed by atoms with Crippen molar-refractivity contribution in [3.63, 3.8) is 0 Å². The Bertz CT molecular complexity index is 2310. The van der Waals surface area contributed by atoms with Crippen molar-refractivity contribution >= 4 is 41.4 Å². The molecule has 3 heterocycles. The van der Waals surface area contributed by atoms with E-state index in [0.29, 0.717) is 12.4 Å². The summed E-state index contributed by atoms with van der Waals surface area (Å²) in [5, 5.41) is 90.6. The third-order valence-corrected chi connectivity index (χ3v) is 13.9. The molecule has 3 aliphatic heterocycles. The lowest BCUT2D eigenvalue weighted by Crippen LogP contribution is -2.64. The average Bonchev–Trinajstić information content (AvgIpc) is 3.94. The molecule has 25 nitrogen and oxygen atoms in total. The number of nitrogens with one attached hydrogen (secondary N) is 5. The van der Waals surface area contributed by atoms with Crippen molar-refractivity contribution in [1.29, 1.82) is 0 Å². The van der Waals surface area contributed by atoms with Crippen LogP contribution in [0.1, 0.15) is 94.5 Å². The lowest BCUT2D eigenvalue weighted by atomic mass is 9.98. The first-order chi connectivity index (χ1) is 36.7. The molecule has 2 aromatic rings. The Morgan fingerprint density at radius 2 is 1.40 bits per heavy atom. The number of benzene rings is 2. The average molecular weight is 1090 g/mol. The monoisotopic (exact) mass is 1090 g/mol. The molecular weight excluding hydrogens is 1010 g/mol. The first-order valence-electron chi connectivity index (χ1n) is 26.5. The number of hydrogen-bond donors (Lipinski definition) is 14. The highest BCUT2D eigenvalue weighted by Gasteiger charge is 2.49. The van der Waals surface area contributed by atoms with Crippen molar-refractivity contribution in [2.24, 2.45) is 17.4 Å². The summed E-state index contributed by atoms with van der Waals surface area (Å²) < 4.78 is 11.3. The molecule has 0 radical (unpaired) electrons. The number of fused-ring (bicyclic) bond motifs is 2. The van der Waals surface area contributed by atoms with Crippen LogP contribution in [0.5, 0.6) is 17.2 Å². The minimum atomic E-state index is -2.02. The number of aliphatic hydroxyl groups is 6. The van der Waals surface area contributed by atoms with Gasteiger partial charge in [0.15, 0.2) is 11.5 Å². The van der Waals surface area contributed by atoms with Gasteiger partial charge in [-0.3, -0.25) is 33.6 Å². The zero-order chi connectivity index (χ0) is 56.5. The van der Waals surface area contributed by atoms with Crippen LogP contribution in [0.3, 0.4) is 0 Å². The van der Waals surface area contributed by atoms with Crippen molar-refractivity contribution in [3.05, 3.63) is 53.6 Å². The minimum Gasteiger partial charge on any atom is -0.504 e. The molecule has 25 heteroatoms. The molecule has 0 saturated carbocycles. The number of ether oxygens (including phenoxy) is 2. The topological polar surface area (TPSA) is 398 Å². The van der Waals surface area contributed by atoms with Crippen LogP contribution in [0.4, 0.5) is 0 Å². The largest absolute Gasteiger partial charge is 0.504 e. The second-order valence-electron chi connectivity index (χ2n) is 20.2. The Balaban J connectivity index is 1.51. The fraction of sp³-hybridized carbons (Fsp3) is 0.635. The maximum Gasteiger partial charge on any atom is 0.251 e. The van der Waals surface area contributed by atoms with E-state index in [4.69, 9.17) is 20.9 Å². The summed E-state index contributed by atoms with van der Waals surface area (Å²) in [6.07, 6.45) is -5.28. The van der Waals surface area contributed by atoms with E-state index in [1.807, 2.05) is 0 Å². The number of aliphatic hydroxyl groups excluding tert-OH is 6. The van der Waals surface area contributed by atoms with Gasteiger partial charge in [-0.25, -0.2) is 0 Å². The van der Waals surface area contributed by atoms with E-state index in [-0.39, 0.29) is 55.3 Å². The van der Waals surface area contributed by atoms with Crippen molar-refractivity contribution in [2.45, 2.75) is 158 Å². The predicted octanol–water partition coefficient (Wildman–Crippen LogP) is -3.23. The molecule has 0 aliphatic carbocycles. The number of aromatic hydroxyl groups is 1. The molecule has 0 unspecified atom stereocenters. The number of phenols is 1. The highest BCUT2D eigenvalue weighted by molar-refractivity contribution is 6.00. The summed E-state index contributed by atoms with van der Waals surface area (Å²) in [6.45, 7) is 3.76. The van der Waals surface area contributed by atoms with Gasteiger partial charge in [0, 0.05) is 56.9 Å². The Morgan fingerprint density at radius 3 is 2.08 bits per heavy atom. The molecule has 0 spiro atoms. The molecule has 2 aromatic carbocycles. The Hall–Kier alpha value is -6.19. The maximum absolute atomic E-state index is 14.6. The summed E-state index contributed by atoms with van der Waals surface area (Å²) in [6, 6.07) is -0.757. The third-order valence-electron chi connectivity index (χ3n) is 13.9. The highest BCUT2D eigenvalue weighted by Crippen LogP contribution is 2.29. The summed E-state index contributed by atoms with van der Waals surface area (Å²) >= 11 is 0. The van der Waals surface area contributed by atoms with Crippen LogP contribution in [-0.2, 0) is 35.2 Å². The van der Waals surface area contributed by atoms with E-state index >= 15 is 0 Å². The number of carbonyl (C=O) groups is 7. The van der Waals surface area contributed by atoms with Crippen LogP contribution >= 0.6 is 0 Å². The lowest BCUT2D eigenvalue weighted by molar-refractivity contribution is -0.147. The number of rotatable bonds is 20. The van der Waals surface area contributed by atoms with Gasteiger partial charge in [-0.05, 0) is 68.3 Å². The molecule has 3 saturated heterocycles. The summed E-state index contributed by atoms with van der Waals surface area (Å²) in [7, 11) is 0. The fourth-order valence-electron chi connectivity index (χ4n) is 9.60. The van der Waals surface area contributed by atoms with Crippen LogP contribution in [0.15, 0.2) is 42.5 Å². The summed E-state index contributed by atoms with van der Waals surface area (Å²) in [4.78, 5) is 102. The third kappa shape index (κ3) is 16.9. The second kappa shape index (κ2) is 29.5. The van der Waals surface area contributed by atoms with Gasteiger partial charge < -0.3 is 93.1 Å². The molecule has 0 bridgehead atoms. The van der Waals surface area contributed by atoms with Gasteiger partial charge in [-0.1, -0.05) is 52.0 Å². The van der Waals surface area contributed by atoms with Crippen molar-refractivity contribution in [3.8, 4) is 17.2 Å². The van der Waals surface area contributed by atoms with Crippen LogP contribution in [0.2, 0.25) is 0 Å². The number of hydrogen-bond acceptors (Lipinski definition) is 18. The number of β-amino-alcohol motifs (C(OH)–C–C–N with tert-alkyl or cyclic N) is 1. The number of amides is 7. The van der Waals surface area contributed by atoms with E-state index in [1.54, 1.807) is 12.1 Å². The van der Waals surface area contributed by atoms with Crippen molar-refractivity contribution < 1.29 is 78.8 Å². The van der Waals surface area contributed by atoms with E-state index < -0.39 is 152 Å². The Morgan fingerprint density at radius 1 is 0.740 bits per heavy atom. The predicted molar refractivity (Wildman–Crippen MR) is 277 cm³/mol. The van der Waals surface area contributed by atoms with Gasteiger partial charge in [0.25, 0.3) is 5.91 Å². The minimum absolute atomic E-state index is 0.00258. The van der Waals surface area contributed by atoms with Gasteiger partial charge in [-0.15, -0.1) is 0 Å². The molecule has 0 aromatic heterocycles. The van der Waals surface area contributed by atoms with Crippen LogP contribution in [0, 0.1) is 5.92 Å². The fourth-order valence-corrected chi connectivity index (χ4v) is 9.60. The summed E-state index contributed by atoms with van der Waals surface area (Å²) in [5.74, 6) is -8.01. The number of carbonyl (C=O) groups excluding carboxylic acids is 7. The van der Waals surface area contributed by atoms with E-state index in [0.717, 1.165) is 48.8 Å². The van der Waals surface area contributed by atoms with E-state index in [9.17, 15) is 69.3 Å². The Labute approximate surface area is 447 Å². The zero-order valence-corrected chi connectivity index (χ0v) is 43.9. The second-order valence-corrected chi connectivity index (χ2v) is 20.2. The Kier molecular flexibility index (Phi) is 23.6. The number of phenolic OH excluding ortho intramolecular Hbond substituents is 1. The SMILES string of the molecule is CCCCCCCCOc1ccc(C(=O)N[C@H]2C[C@@H](O)CNC(=O)[C@@H]3[C@@H](O)[C@@H](C)CN3C(=O)[C@H]([C@H](O)CCN)NC(=O)[C@H]([C@H](O)Cc3ccc(O)c(OCCN)c3)NC(=O)[C@@H]3C[C@@H](O)CN3C(=O)[C@H]([C@@H](C)O)NC2=O)cc1. The van der Waals surface area contributed by atoms with Gasteiger partial charge in [0.2, 0.25) is 35.4 Å². The lowest BCUT2D eigenvalue weighted by Gasteiger charge is -2.34. The molecular formula is C52H79N9O16. The molecule has 13 atom stereocenters. The molecule has 3 fully saturated rings. The quantitative estimate of drug-likeness (QED) is 0.0580. The molecule has 428 valence electrons. The molecule has 5 rings (SSSR count). The van der Waals surface area contributed by atoms with Gasteiger partial charge in [0.1, 0.15) is 48.6 Å². The van der Waals surface area contributed by atoms with Crippen LogP contribution in [-0.4, -0.2) is 206 Å². The van der Waals surface area contributed by atoms with Gasteiger partial charge >= 0.3 is 0 Å². The van der Waals surface area contributed by atoms with Crippen molar-refractivity contribution in [2.75, 3.05) is 45.9 Å². The molecule has 77 heavy (non-hydrogen) atoms. The van der Waals surface area contributed by atoms with Crippen LogP contribution in [0.25, 0.3) is 0 Å². The highest BCUT2D eigenvalue weighted by atomic mass is 16.5. The number of unbranched alkanes of at least 4 members (excludes halogenated alkanes) is 5. The van der Waals surface area contributed by atoms with E-state index in [1.165, 1.54) is 43.7 Å². The molecule has 7 amide bonds. The number of nitrogens with zero attached hydrogens (tertiary/aromatic N) is 2.